The smallest absolute Gasteiger partial charge is 0.265 e. The molecule has 0 aliphatic carbocycles. The maximum atomic E-state index is 12.4. The van der Waals surface area contributed by atoms with Crippen LogP contribution < -0.4 is 0 Å². The van der Waals surface area contributed by atoms with Crippen molar-refractivity contribution in [3.8, 4) is 0 Å². The van der Waals surface area contributed by atoms with Gasteiger partial charge < -0.3 is 0 Å². The van der Waals surface area contributed by atoms with Gasteiger partial charge in [-0.3, -0.25) is 9.78 Å². The first-order valence-electron chi connectivity index (χ1n) is 6.65. The molecule has 0 saturated heterocycles. The number of carbonyl (C=O) groups is 1. The Hall–Kier alpha value is -2.08. The zero-order chi connectivity index (χ0) is 14.7. The van der Waals surface area contributed by atoms with Crippen LogP contribution in [0.4, 0.5) is 0 Å². The van der Waals surface area contributed by atoms with Crippen molar-refractivity contribution in [3.63, 3.8) is 0 Å². The molecule has 1 amide bonds. The van der Waals surface area contributed by atoms with Crippen LogP contribution in [0.15, 0.2) is 52.4 Å². The summed E-state index contributed by atoms with van der Waals surface area (Å²) >= 11 is 3.46. The number of hydrogen-bond acceptors (Lipinski definition) is 4. The maximum Gasteiger partial charge on any atom is 0.294 e. The molecule has 1 aromatic heterocycles. The second-order valence-electron chi connectivity index (χ2n) is 4.68. The highest BCUT2D eigenvalue weighted by Crippen LogP contribution is 2.18. The minimum Gasteiger partial charge on any atom is -0.265 e. The van der Waals surface area contributed by atoms with Gasteiger partial charge in [0.2, 0.25) is 0 Å². The summed E-state index contributed by atoms with van der Waals surface area (Å²) in [7, 11) is 0. The zero-order valence-corrected chi connectivity index (χ0v) is 12.8. The van der Waals surface area contributed by atoms with E-state index in [1.54, 1.807) is 6.20 Å². The van der Waals surface area contributed by atoms with Gasteiger partial charge in [0.15, 0.2) is 0 Å². The van der Waals surface area contributed by atoms with Gasteiger partial charge in [0.05, 0.1) is 11.9 Å². The van der Waals surface area contributed by atoms with Crippen molar-refractivity contribution >= 4 is 27.5 Å². The van der Waals surface area contributed by atoms with Gasteiger partial charge in [0, 0.05) is 23.4 Å². The number of rotatable bonds is 2. The number of hydrazone groups is 1. The van der Waals surface area contributed by atoms with E-state index in [4.69, 9.17) is 0 Å². The highest BCUT2D eigenvalue weighted by atomic mass is 79.9. The van der Waals surface area contributed by atoms with Crippen molar-refractivity contribution in [1.29, 1.82) is 0 Å². The minimum absolute atomic E-state index is 0.213. The number of carbonyl (C=O) groups excluding carboxylic acids is 1. The van der Waals surface area contributed by atoms with Crippen molar-refractivity contribution in [1.82, 2.24) is 15.0 Å². The zero-order valence-electron chi connectivity index (χ0n) is 11.2. The molecule has 0 unspecified atom stereocenters. The van der Waals surface area contributed by atoms with Crippen molar-refractivity contribution in [3.05, 3.63) is 58.6 Å². The lowest BCUT2D eigenvalue weighted by Crippen LogP contribution is -2.32. The fraction of sp³-hybridized carbons (Fsp3) is 0.200. The lowest BCUT2D eigenvalue weighted by molar-refractivity contribution is 0.0745. The molecule has 0 fully saturated rings. The summed E-state index contributed by atoms with van der Waals surface area (Å²) in [6.45, 7) is 0.604. The van der Waals surface area contributed by atoms with E-state index in [1.807, 2.05) is 24.3 Å². The van der Waals surface area contributed by atoms with E-state index in [-0.39, 0.29) is 5.91 Å². The van der Waals surface area contributed by atoms with E-state index in [0.717, 1.165) is 28.6 Å². The number of amides is 1. The molecule has 6 heteroatoms. The first-order valence-corrected chi connectivity index (χ1v) is 7.44. The van der Waals surface area contributed by atoms with Crippen LogP contribution >= 0.6 is 15.9 Å². The van der Waals surface area contributed by atoms with E-state index >= 15 is 0 Å². The third-order valence-corrected chi connectivity index (χ3v) is 3.69. The molecule has 0 spiro atoms. The molecule has 3 rings (SSSR count). The molecule has 5 nitrogen and oxygen atoms in total. The maximum absolute atomic E-state index is 12.4. The summed E-state index contributed by atoms with van der Waals surface area (Å²) in [5.74, 6) is -0.213. The second kappa shape index (κ2) is 6.13. The van der Waals surface area contributed by atoms with Crippen LogP contribution in [0.3, 0.4) is 0 Å². The molecule has 21 heavy (non-hydrogen) atoms. The second-order valence-corrected chi connectivity index (χ2v) is 5.60. The van der Waals surface area contributed by atoms with Crippen LogP contribution in [0.1, 0.15) is 28.9 Å². The summed E-state index contributed by atoms with van der Waals surface area (Å²) in [4.78, 5) is 20.3. The number of aromatic nitrogens is 2. The van der Waals surface area contributed by atoms with Crippen LogP contribution in [-0.4, -0.2) is 33.1 Å². The van der Waals surface area contributed by atoms with Gasteiger partial charge in [-0.05, 0) is 30.5 Å². The van der Waals surface area contributed by atoms with Gasteiger partial charge in [-0.1, -0.05) is 28.1 Å². The number of nitrogens with zero attached hydrogens (tertiary/aromatic N) is 4. The van der Waals surface area contributed by atoms with Gasteiger partial charge >= 0.3 is 0 Å². The predicted octanol–water partition coefficient (Wildman–Crippen LogP) is 2.88. The summed E-state index contributed by atoms with van der Waals surface area (Å²) in [6.07, 6.45) is 6.27. The first kappa shape index (κ1) is 13.9. The van der Waals surface area contributed by atoms with Crippen LogP contribution in [0, 0.1) is 0 Å². The SMILES string of the molecule is O=C(c1cnccn1)N1CCCC(c2cccc(Br)c2)=N1. The minimum atomic E-state index is -0.213. The lowest BCUT2D eigenvalue weighted by atomic mass is 10.0. The van der Waals surface area contributed by atoms with Crippen LogP contribution in [-0.2, 0) is 0 Å². The molecule has 1 aliphatic rings. The Labute approximate surface area is 130 Å². The molecule has 1 aliphatic heterocycles. The van der Waals surface area contributed by atoms with E-state index in [0.29, 0.717) is 12.2 Å². The van der Waals surface area contributed by atoms with Gasteiger partial charge in [-0.2, -0.15) is 5.10 Å². The highest BCUT2D eigenvalue weighted by Gasteiger charge is 2.21. The van der Waals surface area contributed by atoms with E-state index < -0.39 is 0 Å². The average molecular weight is 345 g/mol. The molecule has 106 valence electrons. The van der Waals surface area contributed by atoms with Gasteiger partial charge in [0.25, 0.3) is 5.91 Å². The molecule has 2 heterocycles. The summed E-state index contributed by atoms with van der Waals surface area (Å²) < 4.78 is 1.00. The molecule has 0 N–H and O–H groups in total. The van der Waals surface area contributed by atoms with Crippen LogP contribution in [0.5, 0.6) is 0 Å². The average Bonchev–Trinajstić information content (AvgIpc) is 2.55. The van der Waals surface area contributed by atoms with Crippen LogP contribution in [0.2, 0.25) is 0 Å². The number of benzene rings is 1. The van der Waals surface area contributed by atoms with Crippen molar-refractivity contribution in [2.75, 3.05) is 6.54 Å². The highest BCUT2D eigenvalue weighted by molar-refractivity contribution is 9.10. The monoisotopic (exact) mass is 344 g/mol. The molecular weight excluding hydrogens is 332 g/mol. The normalized spacial score (nSPS) is 14.7. The van der Waals surface area contributed by atoms with Gasteiger partial charge in [-0.25, -0.2) is 9.99 Å². The topological polar surface area (TPSA) is 58.5 Å². The molecule has 2 aromatic rings. The summed E-state index contributed by atoms with van der Waals surface area (Å²) in [6, 6.07) is 7.94. The van der Waals surface area contributed by atoms with Crippen molar-refractivity contribution in [2.45, 2.75) is 12.8 Å². The standard InChI is InChI=1S/C15H13BrN4O/c16-12-4-1-3-11(9-12)13-5-2-8-20(19-13)15(21)14-10-17-6-7-18-14/h1,3-4,6-7,9-10H,2,5,8H2. The molecular formula is C15H13BrN4O. The number of hydrogen-bond donors (Lipinski definition) is 0. The molecule has 1 aromatic carbocycles. The third-order valence-electron chi connectivity index (χ3n) is 3.20. The van der Waals surface area contributed by atoms with Gasteiger partial charge in [0.1, 0.15) is 5.69 Å². The Kier molecular flexibility index (Phi) is 4.06. The molecule has 0 radical (unpaired) electrons. The van der Waals surface area contributed by atoms with Crippen molar-refractivity contribution < 1.29 is 4.79 Å². The fourth-order valence-corrected chi connectivity index (χ4v) is 2.60. The third kappa shape index (κ3) is 3.16. The molecule has 0 saturated carbocycles. The predicted molar refractivity (Wildman–Crippen MR) is 83.0 cm³/mol. The van der Waals surface area contributed by atoms with E-state index in [1.165, 1.54) is 17.4 Å². The first-order chi connectivity index (χ1) is 10.2. The Bertz CT molecular complexity index is 687. The van der Waals surface area contributed by atoms with Gasteiger partial charge in [-0.15, -0.1) is 0 Å². The lowest BCUT2D eigenvalue weighted by Gasteiger charge is -2.23. The Morgan fingerprint density at radius 2 is 2.19 bits per heavy atom. The number of halogens is 1. The van der Waals surface area contributed by atoms with E-state index in [2.05, 4.69) is 31.0 Å². The molecule has 0 atom stereocenters. The van der Waals surface area contributed by atoms with Crippen molar-refractivity contribution in [2.24, 2.45) is 5.10 Å². The Morgan fingerprint density at radius 3 is 2.95 bits per heavy atom. The quantitative estimate of drug-likeness (QED) is 0.841. The molecule has 0 bridgehead atoms. The van der Waals surface area contributed by atoms with E-state index in [9.17, 15) is 4.79 Å². The Morgan fingerprint density at radius 1 is 1.29 bits per heavy atom. The Balaban J connectivity index is 1.88. The summed E-state index contributed by atoms with van der Waals surface area (Å²) in [5.41, 5.74) is 2.26. The largest absolute Gasteiger partial charge is 0.294 e. The van der Waals surface area contributed by atoms with Crippen LogP contribution in [0.25, 0.3) is 0 Å². The fourth-order valence-electron chi connectivity index (χ4n) is 2.20. The summed E-state index contributed by atoms with van der Waals surface area (Å²) in [5, 5.41) is 5.96.